The number of aromatic nitrogens is 3. The van der Waals surface area contributed by atoms with Gasteiger partial charge in [-0.3, -0.25) is 4.90 Å². The second-order valence-corrected chi connectivity index (χ2v) is 5.71. The summed E-state index contributed by atoms with van der Waals surface area (Å²) >= 11 is 0. The number of nitrogens with zero attached hydrogens (tertiary/aromatic N) is 4. The van der Waals surface area contributed by atoms with E-state index in [1.807, 2.05) is 10.7 Å². The molecule has 5 nitrogen and oxygen atoms in total. The van der Waals surface area contributed by atoms with Crippen LogP contribution in [0, 0.1) is 0 Å². The number of likely N-dealkylation sites (tertiary alicyclic amines) is 1. The fourth-order valence-corrected chi connectivity index (χ4v) is 3.02. The van der Waals surface area contributed by atoms with E-state index in [1.54, 1.807) is 12.7 Å². The summed E-state index contributed by atoms with van der Waals surface area (Å²) in [6.07, 6.45) is 7.32. The Morgan fingerprint density at radius 1 is 1.15 bits per heavy atom. The van der Waals surface area contributed by atoms with Crippen LogP contribution in [0.2, 0.25) is 0 Å². The minimum atomic E-state index is 0.542. The minimum Gasteiger partial charge on any atom is -0.379 e. The van der Waals surface area contributed by atoms with Gasteiger partial charge in [0.05, 0.1) is 11.4 Å². The van der Waals surface area contributed by atoms with Crippen molar-refractivity contribution in [3.63, 3.8) is 0 Å². The van der Waals surface area contributed by atoms with E-state index in [-0.39, 0.29) is 0 Å². The van der Waals surface area contributed by atoms with Crippen molar-refractivity contribution in [2.75, 3.05) is 18.4 Å². The largest absolute Gasteiger partial charge is 0.379 e. The molecule has 104 valence electrons. The van der Waals surface area contributed by atoms with Crippen LogP contribution in [0.15, 0.2) is 36.9 Å². The van der Waals surface area contributed by atoms with Crippen molar-refractivity contribution in [1.29, 1.82) is 0 Å². The molecule has 1 atom stereocenters. The van der Waals surface area contributed by atoms with Crippen LogP contribution in [0.3, 0.4) is 0 Å². The van der Waals surface area contributed by atoms with E-state index in [4.69, 9.17) is 0 Å². The predicted octanol–water partition coefficient (Wildman–Crippen LogP) is 1.92. The molecule has 4 rings (SSSR count). The van der Waals surface area contributed by atoms with Crippen LogP contribution in [0.4, 0.5) is 5.69 Å². The molecule has 2 aromatic rings. The molecule has 1 unspecified atom stereocenters. The molecule has 1 aromatic heterocycles. The van der Waals surface area contributed by atoms with Crippen LogP contribution in [-0.4, -0.2) is 44.8 Å². The monoisotopic (exact) mass is 269 g/mol. The molecule has 5 heteroatoms. The van der Waals surface area contributed by atoms with Gasteiger partial charge in [0.15, 0.2) is 0 Å². The Morgan fingerprint density at radius 2 is 2.05 bits per heavy atom. The molecular weight excluding hydrogens is 250 g/mol. The van der Waals surface area contributed by atoms with Crippen molar-refractivity contribution < 1.29 is 0 Å². The van der Waals surface area contributed by atoms with Gasteiger partial charge in [-0.1, -0.05) is 12.1 Å². The fraction of sp³-hybridized carbons (Fsp3) is 0.467. The van der Waals surface area contributed by atoms with Crippen molar-refractivity contribution in [3.05, 3.63) is 36.9 Å². The van der Waals surface area contributed by atoms with Crippen molar-refractivity contribution in [2.24, 2.45) is 0 Å². The maximum Gasteiger partial charge on any atom is 0.138 e. The number of hydrogen-bond acceptors (Lipinski definition) is 4. The molecule has 1 saturated heterocycles. The molecule has 0 spiro atoms. The lowest BCUT2D eigenvalue weighted by atomic mass is 10.2. The Hall–Kier alpha value is -1.88. The Morgan fingerprint density at radius 3 is 2.85 bits per heavy atom. The van der Waals surface area contributed by atoms with Gasteiger partial charge >= 0.3 is 0 Å². The van der Waals surface area contributed by atoms with Crippen molar-refractivity contribution in [3.8, 4) is 5.69 Å². The van der Waals surface area contributed by atoms with E-state index in [0.717, 1.165) is 24.0 Å². The van der Waals surface area contributed by atoms with Crippen molar-refractivity contribution >= 4 is 5.69 Å². The Labute approximate surface area is 118 Å². The second kappa shape index (κ2) is 4.90. The third-order valence-corrected chi connectivity index (χ3v) is 4.21. The quantitative estimate of drug-likeness (QED) is 0.921. The standard InChI is InChI=1S/C15H19N5/c1-2-4-15(20-11-16-10-17-20)14(3-1)18-12-7-8-19(9-12)13-5-6-13/h1-4,10-13,18H,5-9H2. The number of para-hydroxylation sites is 2. The third-order valence-electron chi connectivity index (χ3n) is 4.21. The maximum absolute atomic E-state index is 4.23. The van der Waals surface area contributed by atoms with Gasteiger partial charge in [0.25, 0.3) is 0 Å². The Bertz CT molecular complexity index is 576. The molecule has 1 saturated carbocycles. The zero-order chi connectivity index (χ0) is 13.4. The smallest absolute Gasteiger partial charge is 0.138 e. The molecule has 1 N–H and O–H groups in total. The van der Waals surface area contributed by atoms with Gasteiger partial charge in [-0.2, -0.15) is 5.10 Å². The predicted molar refractivity (Wildman–Crippen MR) is 78.0 cm³/mol. The van der Waals surface area contributed by atoms with Gasteiger partial charge in [0, 0.05) is 25.2 Å². The number of rotatable bonds is 4. The number of hydrogen-bond donors (Lipinski definition) is 1. The van der Waals surface area contributed by atoms with E-state index in [0.29, 0.717) is 6.04 Å². The molecule has 2 heterocycles. The van der Waals surface area contributed by atoms with Gasteiger partial charge in [-0.15, -0.1) is 0 Å². The maximum atomic E-state index is 4.23. The summed E-state index contributed by atoms with van der Waals surface area (Å²) in [5.41, 5.74) is 2.20. The lowest BCUT2D eigenvalue weighted by Gasteiger charge is -2.18. The normalized spacial score (nSPS) is 23.1. The highest BCUT2D eigenvalue weighted by atomic mass is 15.3. The summed E-state index contributed by atoms with van der Waals surface area (Å²) in [4.78, 5) is 6.65. The van der Waals surface area contributed by atoms with E-state index < -0.39 is 0 Å². The molecule has 2 fully saturated rings. The molecule has 1 aliphatic carbocycles. The van der Waals surface area contributed by atoms with Gasteiger partial charge in [-0.05, 0) is 31.4 Å². The van der Waals surface area contributed by atoms with E-state index >= 15 is 0 Å². The average molecular weight is 269 g/mol. The second-order valence-electron chi connectivity index (χ2n) is 5.71. The summed E-state index contributed by atoms with van der Waals surface area (Å²) in [7, 11) is 0. The average Bonchev–Trinajstić information content (AvgIpc) is 3.00. The van der Waals surface area contributed by atoms with Crippen LogP contribution in [0.25, 0.3) is 5.69 Å². The minimum absolute atomic E-state index is 0.542. The highest BCUT2D eigenvalue weighted by molar-refractivity contribution is 5.61. The van der Waals surface area contributed by atoms with Gasteiger partial charge in [-0.25, -0.2) is 9.67 Å². The third kappa shape index (κ3) is 2.29. The topological polar surface area (TPSA) is 46.0 Å². The molecule has 1 aromatic carbocycles. The first-order valence-electron chi connectivity index (χ1n) is 7.35. The van der Waals surface area contributed by atoms with Crippen LogP contribution < -0.4 is 5.32 Å². The summed E-state index contributed by atoms with van der Waals surface area (Å²) < 4.78 is 1.82. The van der Waals surface area contributed by atoms with Gasteiger partial charge in [0.2, 0.25) is 0 Å². The first-order valence-corrected chi connectivity index (χ1v) is 7.35. The Kier molecular flexibility index (Phi) is 2.92. The fourth-order valence-electron chi connectivity index (χ4n) is 3.02. The van der Waals surface area contributed by atoms with Gasteiger partial charge in [0.1, 0.15) is 12.7 Å². The van der Waals surface area contributed by atoms with E-state index in [1.165, 1.54) is 25.8 Å². The highest BCUT2D eigenvalue weighted by Gasteiger charge is 2.34. The van der Waals surface area contributed by atoms with Gasteiger partial charge < -0.3 is 5.32 Å². The van der Waals surface area contributed by atoms with Crippen molar-refractivity contribution in [1.82, 2.24) is 19.7 Å². The van der Waals surface area contributed by atoms with Crippen LogP contribution >= 0.6 is 0 Å². The molecule has 0 amide bonds. The zero-order valence-electron chi connectivity index (χ0n) is 11.4. The molecule has 2 aliphatic rings. The SMILES string of the molecule is c1ccc(-n2cncn2)c(NC2CCN(C3CC3)C2)c1. The lowest BCUT2D eigenvalue weighted by Crippen LogP contribution is -2.28. The summed E-state index contributed by atoms with van der Waals surface area (Å²) in [5, 5.41) is 7.91. The highest BCUT2D eigenvalue weighted by Crippen LogP contribution is 2.31. The van der Waals surface area contributed by atoms with E-state index in [9.17, 15) is 0 Å². The molecule has 0 radical (unpaired) electrons. The summed E-state index contributed by atoms with van der Waals surface area (Å²) in [5.74, 6) is 0. The molecule has 20 heavy (non-hydrogen) atoms. The molecular formula is C15H19N5. The van der Waals surface area contributed by atoms with Crippen LogP contribution in [0.1, 0.15) is 19.3 Å². The van der Waals surface area contributed by atoms with Crippen LogP contribution in [-0.2, 0) is 0 Å². The first kappa shape index (κ1) is 11.9. The first-order chi connectivity index (χ1) is 9.90. The number of anilines is 1. The van der Waals surface area contributed by atoms with Crippen molar-refractivity contribution in [2.45, 2.75) is 31.3 Å². The van der Waals surface area contributed by atoms with E-state index in [2.05, 4.69) is 38.5 Å². The Balaban J connectivity index is 1.51. The van der Waals surface area contributed by atoms with Crippen LogP contribution in [0.5, 0.6) is 0 Å². The lowest BCUT2D eigenvalue weighted by molar-refractivity contribution is 0.326. The summed E-state index contributed by atoms with van der Waals surface area (Å²) in [6.45, 7) is 2.39. The number of benzene rings is 1. The summed E-state index contributed by atoms with van der Waals surface area (Å²) in [6, 6.07) is 9.71. The molecule has 0 bridgehead atoms. The zero-order valence-corrected chi connectivity index (χ0v) is 11.4. The molecule has 1 aliphatic heterocycles. The number of nitrogens with one attached hydrogen (secondary N) is 1.